The second kappa shape index (κ2) is 6.01. The zero-order valence-corrected chi connectivity index (χ0v) is 11.3. The number of nitrogens with zero attached hydrogens (tertiary/aromatic N) is 1. The molecule has 104 valence electrons. The monoisotopic (exact) mass is 273 g/mol. The Balaban J connectivity index is 1.86. The standard InChI is InChI=1S/C14H15N3O3/c1-9-4-3-5-11(6-9)15-13(18)8-14(19)16-12-7-10(2)20-17-12/h3-7H,8H2,1-2H3,(H,15,18)(H,16,17,19). The minimum atomic E-state index is -0.441. The second-order valence-electron chi connectivity index (χ2n) is 4.47. The molecule has 6 heteroatoms. The maximum Gasteiger partial charge on any atom is 0.235 e. The van der Waals surface area contributed by atoms with Gasteiger partial charge in [0.1, 0.15) is 12.2 Å². The third kappa shape index (κ3) is 3.94. The second-order valence-corrected chi connectivity index (χ2v) is 4.47. The van der Waals surface area contributed by atoms with Crippen LogP contribution >= 0.6 is 0 Å². The van der Waals surface area contributed by atoms with Crippen molar-refractivity contribution in [1.29, 1.82) is 0 Å². The van der Waals surface area contributed by atoms with Gasteiger partial charge in [-0.2, -0.15) is 0 Å². The fraction of sp³-hybridized carbons (Fsp3) is 0.214. The Morgan fingerprint density at radius 3 is 2.55 bits per heavy atom. The van der Waals surface area contributed by atoms with Gasteiger partial charge < -0.3 is 15.2 Å². The Morgan fingerprint density at radius 2 is 1.90 bits per heavy atom. The van der Waals surface area contributed by atoms with Crippen molar-refractivity contribution in [2.24, 2.45) is 0 Å². The van der Waals surface area contributed by atoms with Gasteiger partial charge in [-0.25, -0.2) is 0 Å². The molecular formula is C14H15N3O3. The average molecular weight is 273 g/mol. The third-order valence-electron chi connectivity index (χ3n) is 2.52. The summed E-state index contributed by atoms with van der Waals surface area (Å²) in [4.78, 5) is 23.3. The van der Waals surface area contributed by atoms with Crippen LogP contribution < -0.4 is 10.6 Å². The number of benzene rings is 1. The molecule has 2 aromatic rings. The fourth-order valence-corrected chi connectivity index (χ4v) is 1.69. The smallest absolute Gasteiger partial charge is 0.235 e. The number of aryl methyl sites for hydroxylation is 2. The van der Waals surface area contributed by atoms with Crippen LogP contribution in [0, 0.1) is 13.8 Å². The van der Waals surface area contributed by atoms with Crippen LogP contribution in [0.15, 0.2) is 34.9 Å². The summed E-state index contributed by atoms with van der Waals surface area (Å²) in [6.07, 6.45) is -0.278. The summed E-state index contributed by atoms with van der Waals surface area (Å²) < 4.78 is 4.81. The SMILES string of the molecule is Cc1cccc(NC(=O)CC(=O)Nc2cc(C)on2)c1. The molecule has 0 radical (unpaired) electrons. The van der Waals surface area contributed by atoms with E-state index in [1.807, 2.05) is 25.1 Å². The van der Waals surface area contributed by atoms with Crippen LogP contribution in [0.2, 0.25) is 0 Å². The highest BCUT2D eigenvalue weighted by molar-refractivity contribution is 6.07. The first-order valence-electron chi connectivity index (χ1n) is 6.12. The number of carbonyl (C=O) groups is 2. The molecule has 2 N–H and O–H groups in total. The van der Waals surface area contributed by atoms with Crippen LogP contribution in [0.3, 0.4) is 0 Å². The molecule has 1 aromatic carbocycles. The van der Waals surface area contributed by atoms with Crippen molar-refractivity contribution in [3.05, 3.63) is 41.7 Å². The van der Waals surface area contributed by atoms with Crippen LogP contribution in [0.1, 0.15) is 17.7 Å². The van der Waals surface area contributed by atoms with Gasteiger partial charge in [0.05, 0.1) is 0 Å². The highest BCUT2D eigenvalue weighted by Crippen LogP contribution is 2.10. The number of anilines is 2. The lowest BCUT2D eigenvalue weighted by Gasteiger charge is -2.05. The fourth-order valence-electron chi connectivity index (χ4n) is 1.69. The molecule has 1 heterocycles. The summed E-state index contributed by atoms with van der Waals surface area (Å²) in [6, 6.07) is 8.94. The lowest BCUT2D eigenvalue weighted by atomic mass is 10.2. The number of nitrogens with one attached hydrogen (secondary N) is 2. The molecule has 0 aliphatic rings. The van der Waals surface area contributed by atoms with Crippen molar-refractivity contribution in [2.45, 2.75) is 20.3 Å². The lowest BCUT2D eigenvalue weighted by Crippen LogP contribution is -2.21. The first-order valence-corrected chi connectivity index (χ1v) is 6.12. The molecule has 0 unspecified atom stereocenters. The Bertz CT molecular complexity index is 634. The molecule has 0 saturated carbocycles. The van der Waals surface area contributed by atoms with Crippen LogP contribution in [0.5, 0.6) is 0 Å². The first-order chi connectivity index (χ1) is 9.52. The highest BCUT2D eigenvalue weighted by Gasteiger charge is 2.11. The molecule has 0 atom stereocenters. The molecule has 0 saturated heterocycles. The summed E-state index contributed by atoms with van der Waals surface area (Å²) >= 11 is 0. The molecule has 20 heavy (non-hydrogen) atoms. The van der Waals surface area contributed by atoms with E-state index in [0.717, 1.165) is 5.56 Å². The molecule has 0 spiro atoms. The van der Waals surface area contributed by atoms with Crippen LogP contribution in [0.4, 0.5) is 11.5 Å². The topological polar surface area (TPSA) is 84.2 Å². The van der Waals surface area contributed by atoms with E-state index in [9.17, 15) is 9.59 Å². The van der Waals surface area contributed by atoms with E-state index in [-0.39, 0.29) is 12.3 Å². The Morgan fingerprint density at radius 1 is 1.15 bits per heavy atom. The predicted octanol–water partition coefficient (Wildman–Crippen LogP) is 2.26. The number of rotatable bonds is 4. The van der Waals surface area contributed by atoms with Gasteiger partial charge in [0.2, 0.25) is 11.8 Å². The lowest BCUT2D eigenvalue weighted by molar-refractivity contribution is -0.123. The molecule has 0 aliphatic heterocycles. The average Bonchev–Trinajstić information content (AvgIpc) is 2.74. The van der Waals surface area contributed by atoms with Gasteiger partial charge in [0.15, 0.2) is 5.82 Å². The van der Waals surface area contributed by atoms with Gasteiger partial charge in [0.25, 0.3) is 0 Å². The van der Waals surface area contributed by atoms with Crippen LogP contribution in [-0.4, -0.2) is 17.0 Å². The molecule has 2 amide bonds. The van der Waals surface area contributed by atoms with E-state index < -0.39 is 5.91 Å². The predicted molar refractivity (Wildman–Crippen MR) is 74.3 cm³/mol. The summed E-state index contributed by atoms with van der Waals surface area (Å²) in [6.45, 7) is 3.64. The third-order valence-corrected chi connectivity index (χ3v) is 2.52. The van der Waals surface area contributed by atoms with Crippen molar-refractivity contribution in [3.8, 4) is 0 Å². The van der Waals surface area contributed by atoms with Gasteiger partial charge in [-0.3, -0.25) is 9.59 Å². The number of amides is 2. The van der Waals surface area contributed by atoms with Gasteiger partial charge >= 0.3 is 0 Å². The van der Waals surface area contributed by atoms with E-state index in [2.05, 4.69) is 15.8 Å². The molecule has 0 fully saturated rings. The maximum atomic E-state index is 11.7. The number of aromatic nitrogens is 1. The molecule has 6 nitrogen and oxygen atoms in total. The van der Waals surface area contributed by atoms with E-state index in [1.165, 1.54) is 0 Å². The van der Waals surface area contributed by atoms with E-state index in [0.29, 0.717) is 17.3 Å². The van der Waals surface area contributed by atoms with E-state index >= 15 is 0 Å². The van der Waals surface area contributed by atoms with Crippen molar-refractivity contribution >= 4 is 23.3 Å². The molecular weight excluding hydrogens is 258 g/mol. The van der Waals surface area contributed by atoms with E-state index in [1.54, 1.807) is 19.1 Å². The summed E-state index contributed by atoms with van der Waals surface area (Å²) in [7, 11) is 0. The first kappa shape index (κ1) is 13.8. The molecule has 1 aromatic heterocycles. The Labute approximate surface area is 116 Å². The normalized spacial score (nSPS) is 10.1. The van der Waals surface area contributed by atoms with Crippen molar-refractivity contribution in [3.63, 3.8) is 0 Å². The summed E-state index contributed by atoms with van der Waals surface area (Å²) in [5.74, 6) is 0.0668. The van der Waals surface area contributed by atoms with Crippen molar-refractivity contribution < 1.29 is 14.1 Å². The van der Waals surface area contributed by atoms with Crippen molar-refractivity contribution in [2.75, 3.05) is 10.6 Å². The zero-order chi connectivity index (χ0) is 14.5. The quantitative estimate of drug-likeness (QED) is 0.837. The van der Waals surface area contributed by atoms with Gasteiger partial charge in [-0.15, -0.1) is 0 Å². The summed E-state index contributed by atoms with van der Waals surface area (Å²) in [5.41, 5.74) is 1.70. The number of carbonyl (C=O) groups excluding carboxylic acids is 2. The van der Waals surface area contributed by atoms with Gasteiger partial charge in [-0.1, -0.05) is 17.3 Å². The van der Waals surface area contributed by atoms with Crippen molar-refractivity contribution in [1.82, 2.24) is 5.16 Å². The van der Waals surface area contributed by atoms with Crippen LogP contribution in [-0.2, 0) is 9.59 Å². The highest BCUT2D eigenvalue weighted by atomic mass is 16.5. The summed E-state index contributed by atoms with van der Waals surface area (Å²) in [5, 5.41) is 8.77. The van der Waals surface area contributed by atoms with E-state index in [4.69, 9.17) is 4.52 Å². The molecule has 2 rings (SSSR count). The van der Waals surface area contributed by atoms with Crippen LogP contribution in [0.25, 0.3) is 0 Å². The van der Waals surface area contributed by atoms with Gasteiger partial charge in [0, 0.05) is 11.8 Å². The Hall–Kier alpha value is -2.63. The minimum absolute atomic E-state index is 0.278. The molecule has 0 aliphatic carbocycles. The number of hydrogen-bond donors (Lipinski definition) is 2. The Kier molecular flexibility index (Phi) is 4.14. The zero-order valence-electron chi connectivity index (χ0n) is 11.3. The number of hydrogen-bond acceptors (Lipinski definition) is 4. The minimum Gasteiger partial charge on any atom is -0.360 e. The largest absolute Gasteiger partial charge is 0.360 e. The van der Waals surface area contributed by atoms with Gasteiger partial charge in [-0.05, 0) is 31.5 Å². The molecule has 0 bridgehead atoms. The maximum absolute atomic E-state index is 11.7.